The van der Waals surface area contributed by atoms with E-state index >= 15 is 0 Å². The van der Waals surface area contributed by atoms with E-state index < -0.39 is 0 Å². The van der Waals surface area contributed by atoms with E-state index in [4.69, 9.17) is 0 Å². The number of aromatic nitrogens is 2. The molecule has 0 N–H and O–H groups in total. The van der Waals surface area contributed by atoms with Crippen LogP contribution in [0.1, 0.15) is 24.1 Å². The van der Waals surface area contributed by atoms with Crippen LogP contribution in [0.3, 0.4) is 0 Å². The fourth-order valence-electron chi connectivity index (χ4n) is 4.73. The van der Waals surface area contributed by atoms with Crippen LogP contribution < -0.4 is 9.80 Å². The van der Waals surface area contributed by atoms with Gasteiger partial charge in [0.25, 0.3) is 0 Å². The summed E-state index contributed by atoms with van der Waals surface area (Å²) < 4.78 is 0. The zero-order valence-corrected chi connectivity index (χ0v) is 15.7. The number of carbonyl (C=O) groups is 1. The van der Waals surface area contributed by atoms with Crippen LogP contribution in [0.15, 0.2) is 36.5 Å². The first kappa shape index (κ1) is 16.7. The molecule has 5 heterocycles. The Labute approximate surface area is 159 Å². The molecule has 4 aliphatic rings. The molecule has 0 spiro atoms. The van der Waals surface area contributed by atoms with E-state index in [9.17, 15) is 4.79 Å². The van der Waals surface area contributed by atoms with Crippen molar-refractivity contribution >= 4 is 17.5 Å². The average molecular weight is 363 g/mol. The van der Waals surface area contributed by atoms with Crippen molar-refractivity contribution in [2.75, 3.05) is 36.0 Å². The maximum Gasteiger partial charge on any atom is 0.241 e. The van der Waals surface area contributed by atoms with Crippen molar-refractivity contribution in [3.05, 3.63) is 47.8 Å². The molecule has 2 unspecified atom stereocenters. The normalized spacial score (nSPS) is 24.3. The van der Waals surface area contributed by atoms with Gasteiger partial charge >= 0.3 is 0 Å². The van der Waals surface area contributed by atoms with E-state index in [1.165, 1.54) is 12.0 Å². The number of rotatable bonds is 3. The molecule has 2 atom stereocenters. The van der Waals surface area contributed by atoms with Gasteiger partial charge in [0.05, 0.1) is 6.54 Å². The maximum atomic E-state index is 13.0. The standard InChI is InChI=1S/C21H25N5O/c1-15-8-9-22-21(23-15)24-12-17-11-18(13-24)26(17)14-20(27)25-10-4-6-16-5-2-3-7-19(16)25/h2-3,5,7-9,17-18H,4,6,10-14H2,1H3. The molecule has 1 aromatic carbocycles. The van der Waals surface area contributed by atoms with Crippen molar-refractivity contribution in [1.29, 1.82) is 0 Å². The summed E-state index contributed by atoms with van der Waals surface area (Å²) in [7, 11) is 0. The predicted octanol–water partition coefficient (Wildman–Crippen LogP) is 2.03. The molecular formula is C21H25N5O. The first-order chi connectivity index (χ1) is 13.2. The van der Waals surface area contributed by atoms with Crippen molar-refractivity contribution in [3.63, 3.8) is 0 Å². The van der Waals surface area contributed by atoms with Gasteiger partial charge in [-0.3, -0.25) is 9.69 Å². The summed E-state index contributed by atoms with van der Waals surface area (Å²) in [5.41, 5.74) is 3.40. The lowest BCUT2D eigenvalue weighted by atomic mass is 9.87. The molecule has 6 nitrogen and oxygen atoms in total. The van der Waals surface area contributed by atoms with Crippen LogP contribution in [0.2, 0.25) is 0 Å². The van der Waals surface area contributed by atoms with Crippen LogP contribution >= 0.6 is 0 Å². The minimum atomic E-state index is 0.233. The number of piperidine rings is 1. The molecule has 27 heavy (non-hydrogen) atoms. The molecule has 0 saturated carbocycles. The number of nitrogens with zero attached hydrogens (tertiary/aromatic N) is 5. The second-order valence-electron chi connectivity index (χ2n) is 7.90. The van der Waals surface area contributed by atoms with Gasteiger partial charge in [0.1, 0.15) is 0 Å². The molecule has 3 fully saturated rings. The highest BCUT2D eigenvalue weighted by Gasteiger charge is 2.46. The molecule has 6 heteroatoms. The topological polar surface area (TPSA) is 52.6 Å². The number of piperazine rings is 1. The molecule has 2 bridgehead atoms. The first-order valence-corrected chi connectivity index (χ1v) is 9.87. The number of benzene rings is 1. The summed E-state index contributed by atoms with van der Waals surface area (Å²) in [5.74, 6) is 1.05. The monoisotopic (exact) mass is 363 g/mol. The fourth-order valence-corrected chi connectivity index (χ4v) is 4.73. The Hall–Kier alpha value is -2.47. The van der Waals surface area contributed by atoms with Gasteiger partial charge in [-0.05, 0) is 43.9 Å². The molecule has 4 aliphatic heterocycles. The van der Waals surface area contributed by atoms with Crippen LogP contribution in [0.5, 0.6) is 0 Å². The fraction of sp³-hybridized carbons (Fsp3) is 0.476. The molecule has 3 saturated heterocycles. The number of anilines is 2. The maximum absolute atomic E-state index is 13.0. The van der Waals surface area contributed by atoms with Gasteiger partial charge in [0, 0.05) is 49.3 Å². The molecule has 0 radical (unpaired) electrons. The van der Waals surface area contributed by atoms with Gasteiger partial charge in [0.2, 0.25) is 11.9 Å². The first-order valence-electron chi connectivity index (χ1n) is 9.87. The van der Waals surface area contributed by atoms with Gasteiger partial charge in [-0.25, -0.2) is 9.97 Å². The Bertz CT molecular complexity index is 857. The van der Waals surface area contributed by atoms with E-state index in [2.05, 4.69) is 38.0 Å². The highest BCUT2D eigenvalue weighted by Crippen LogP contribution is 2.34. The lowest BCUT2D eigenvalue weighted by molar-refractivity contribution is -0.124. The number of fused-ring (bicyclic) bond motifs is 3. The van der Waals surface area contributed by atoms with E-state index in [1.807, 2.05) is 30.2 Å². The van der Waals surface area contributed by atoms with Gasteiger partial charge in [-0.1, -0.05) is 18.2 Å². The molecule has 140 valence electrons. The molecule has 0 aliphatic carbocycles. The third-order valence-electron chi connectivity index (χ3n) is 6.14. The number of hydrogen-bond donors (Lipinski definition) is 0. The summed E-state index contributed by atoms with van der Waals surface area (Å²) in [5, 5.41) is 0. The third-order valence-corrected chi connectivity index (χ3v) is 6.14. The minimum absolute atomic E-state index is 0.233. The Balaban J connectivity index is 1.26. The summed E-state index contributed by atoms with van der Waals surface area (Å²) in [4.78, 5) is 28.7. The van der Waals surface area contributed by atoms with Crippen molar-refractivity contribution in [3.8, 4) is 0 Å². The molecule has 6 rings (SSSR count). The SMILES string of the molecule is Cc1ccnc(N2CC3CC(C2)N3CC(=O)N2CCCc3ccccc32)n1. The van der Waals surface area contributed by atoms with Crippen LogP contribution in [-0.4, -0.2) is 59.0 Å². The van der Waals surface area contributed by atoms with Crippen LogP contribution in [-0.2, 0) is 11.2 Å². The van der Waals surface area contributed by atoms with Gasteiger partial charge in [0.15, 0.2) is 0 Å². The largest absolute Gasteiger partial charge is 0.338 e. The highest BCUT2D eigenvalue weighted by molar-refractivity contribution is 5.96. The van der Waals surface area contributed by atoms with Crippen molar-refractivity contribution in [2.24, 2.45) is 0 Å². The third kappa shape index (κ3) is 2.98. The second-order valence-corrected chi connectivity index (χ2v) is 7.90. The van der Waals surface area contributed by atoms with E-state index in [-0.39, 0.29) is 5.91 Å². The number of hydrogen-bond acceptors (Lipinski definition) is 5. The van der Waals surface area contributed by atoms with Gasteiger partial charge < -0.3 is 9.80 Å². The van der Waals surface area contributed by atoms with Gasteiger partial charge in [-0.2, -0.15) is 0 Å². The Kier molecular flexibility index (Phi) is 4.08. The van der Waals surface area contributed by atoms with Gasteiger partial charge in [-0.15, -0.1) is 0 Å². The molecular weight excluding hydrogens is 338 g/mol. The summed E-state index contributed by atoms with van der Waals surface area (Å²) in [6.07, 6.45) is 5.12. The van der Waals surface area contributed by atoms with Crippen LogP contribution in [0.4, 0.5) is 11.6 Å². The Morgan fingerprint density at radius 2 is 2.00 bits per heavy atom. The van der Waals surface area contributed by atoms with E-state index in [0.717, 1.165) is 49.8 Å². The summed E-state index contributed by atoms with van der Waals surface area (Å²) in [6, 6.07) is 11.1. The smallest absolute Gasteiger partial charge is 0.241 e. The van der Waals surface area contributed by atoms with Crippen molar-refractivity contribution < 1.29 is 4.79 Å². The van der Waals surface area contributed by atoms with E-state index in [1.54, 1.807) is 0 Å². The minimum Gasteiger partial charge on any atom is -0.338 e. The molecule has 2 aromatic rings. The number of para-hydroxylation sites is 1. The van der Waals surface area contributed by atoms with Crippen LogP contribution in [0.25, 0.3) is 0 Å². The lowest BCUT2D eigenvalue weighted by Gasteiger charge is -2.56. The van der Waals surface area contributed by atoms with Crippen molar-refractivity contribution in [2.45, 2.75) is 38.3 Å². The summed E-state index contributed by atoms with van der Waals surface area (Å²) >= 11 is 0. The van der Waals surface area contributed by atoms with Crippen LogP contribution in [0, 0.1) is 6.92 Å². The zero-order chi connectivity index (χ0) is 18.4. The second kappa shape index (κ2) is 6.60. The highest BCUT2D eigenvalue weighted by atomic mass is 16.2. The van der Waals surface area contributed by atoms with E-state index in [0.29, 0.717) is 18.6 Å². The Morgan fingerprint density at radius 3 is 2.81 bits per heavy atom. The molecule has 1 aromatic heterocycles. The zero-order valence-electron chi connectivity index (χ0n) is 15.7. The number of amides is 1. The number of carbonyl (C=O) groups excluding carboxylic acids is 1. The Morgan fingerprint density at radius 1 is 1.19 bits per heavy atom. The predicted molar refractivity (Wildman–Crippen MR) is 105 cm³/mol. The quantitative estimate of drug-likeness (QED) is 0.835. The van der Waals surface area contributed by atoms with Crippen molar-refractivity contribution in [1.82, 2.24) is 14.9 Å². The summed E-state index contributed by atoms with van der Waals surface area (Å²) in [6.45, 7) is 5.17. The number of aryl methyl sites for hydroxylation is 2. The average Bonchev–Trinajstić information content (AvgIpc) is 2.71. The lowest BCUT2D eigenvalue weighted by Crippen LogP contribution is -2.70. The molecule has 1 amide bonds.